The van der Waals surface area contributed by atoms with Gasteiger partial charge >= 0.3 is 0 Å². The summed E-state index contributed by atoms with van der Waals surface area (Å²) >= 11 is 1.17. The first-order valence-corrected chi connectivity index (χ1v) is 10.6. The van der Waals surface area contributed by atoms with E-state index in [2.05, 4.69) is 20.8 Å². The molecule has 1 aromatic heterocycles. The predicted octanol–water partition coefficient (Wildman–Crippen LogP) is 3.62. The summed E-state index contributed by atoms with van der Waals surface area (Å²) in [6.07, 6.45) is 0. The lowest BCUT2D eigenvalue weighted by molar-refractivity contribution is -0.123. The van der Waals surface area contributed by atoms with Crippen molar-refractivity contribution in [2.75, 3.05) is 11.9 Å². The maximum absolute atomic E-state index is 13.7. The molecule has 11 heteroatoms. The Morgan fingerprint density at radius 3 is 2.47 bits per heavy atom. The smallest absolute Gasteiger partial charge is 0.243 e. The van der Waals surface area contributed by atoms with Gasteiger partial charge in [0.15, 0.2) is 28.4 Å². The van der Waals surface area contributed by atoms with Gasteiger partial charge in [-0.1, -0.05) is 42.1 Å². The van der Waals surface area contributed by atoms with Crippen LogP contribution >= 0.6 is 11.8 Å². The minimum Gasteiger partial charge on any atom is -0.346 e. The van der Waals surface area contributed by atoms with E-state index in [1.807, 2.05) is 41.8 Å². The first kappa shape index (κ1) is 23.3. The maximum Gasteiger partial charge on any atom is 0.243 e. The molecule has 0 saturated heterocycles. The number of benzene rings is 2. The summed E-state index contributed by atoms with van der Waals surface area (Å²) in [6.45, 7) is 3.70. The third-order valence-corrected chi connectivity index (χ3v) is 5.53. The first-order chi connectivity index (χ1) is 15.3. The zero-order valence-electron chi connectivity index (χ0n) is 17.2. The van der Waals surface area contributed by atoms with E-state index < -0.39 is 46.7 Å². The number of halogens is 3. The van der Waals surface area contributed by atoms with Gasteiger partial charge in [-0.15, -0.1) is 10.2 Å². The summed E-state index contributed by atoms with van der Waals surface area (Å²) in [5.41, 5.74) is 0.377. The largest absolute Gasteiger partial charge is 0.346 e. The zero-order chi connectivity index (χ0) is 23.3. The minimum atomic E-state index is -1.69. The van der Waals surface area contributed by atoms with E-state index >= 15 is 0 Å². The van der Waals surface area contributed by atoms with Crippen molar-refractivity contribution in [2.45, 2.75) is 30.8 Å². The summed E-state index contributed by atoms with van der Waals surface area (Å²) in [7, 11) is 0. The van der Waals surface area contributed by atoms with Crippen LogP contribution in [0.4, 0.5) is 18.9 Å². The van der Waals surface area contributed by atoms with Crippen LogP contribution in [0.15, 0.2) is 47.6 Å². The topological polar surface area (TPSA) is 88.9 Å². The average Bonchev–Trinajstić information content (AvgIpc) is 3.20. The standard InChI is InChI=1S/C21H20F3N5O2S/c1-3-29-19(13-7-5-4-6-8-13)27-28-21(29)32-12(2)20(31)25-11-16(30)26-15-10-9-14(22)17(23)18(15)24/h4-10,12H,3,11H2,1-2H3,(H,25,31)(H,26,30). The van der Waals surface area contributed by atoms with Gasteiger partial charge < -0.3 is 15.2 Å². The molecule has 2 aromatic carbocycles. The molecular weight excluding hydrogens is 443 g/mol. The van der Waals surface area contributed by atoms with Crippen LogP contribution in [0.3, 0.4) is 0 Å². The molecule has 3 aromatic rings. The Balaban J connectivity index is 1.58. The SMILES string of the molecule is CCn1c(SC(C)C(=O)NCC(=O)Nc2ccc(F)c(F)c2F)nnc1-c1ccccc1. The van der Waals surface area contributed by atoms with E-state index in [4.69, 9.17) is 0 Å². The van der Waals surface area contributed by atoms with E-state index in [0.717, 1.165) is 11.6 Å². The number of hydrogen-bond acceptors (Lipinski definition) is 5. The summed E-state index contributed by atoms with van der Waals surface area (Å²) in [5, 5.41) is 12.8. The van der Waals surface area contributed by atoms with Crippen LogP contribution in [0.2, 0.25) is 0 Å². The molecule has 0 spiro atoms. The van der Waals surface area contributed by atoms with Gasteiger partial charge in [0.25, 0.3) is 0 Å². The van der Waals surface area contributed by atoms with Crippen molar-refractivity contribution in [2.24, 2.45) is 0 Å². The van der Waals surface area contributed by atoms with Crippen molar-refractivity contribution in [3.05, 3.63) is 59.9 Å². The first-order valence-electron chi connectivity index (χ1n) is 9.68. The second-order valence-corrected chi connectivity index (χ2v) is 7.97. The van der Waals surface area contributed by atoms with Gasteiger partial charge in [-0.05, 0) is 26.0 Å². The van der Waals surface area contributed by atoms with Gasteiger partial charge in [-0.2, -0.15) is 0 Å². The fourth-order valence-electron chi connectivity index (χ4n) is 2.80. The molecule has 3 rings (SSSR count). The number of thioether (sulfide) groups is 1. The molecule has 7 nitrogen and oxygen atoms in total. The van der Waals surface area contributed by atoms with Crippen LogP contribution < -0.4 is 10.6 Å². The molecule has 1 atom stereocenters. The second kappa shape index (κ2) is 10.3. The molecule has 2 amide bonds. The normalized spacial score (nSPS) is 11.8. The van der Waals surface area contributed by atoms with Crippen molar-refractivity contribution in [3.63, 3.8) is 0 Å². The summed E-state index contributed by atoms with van der Waals surface area (Å²) in [4.78, 5) is 24.4. The molecule has 2 N–H and O–H groups in total. The minimum absolute atomic E-state index is 0.456. The lowest BCUT2D eigenvalue weighted by Gasteiger charge is -2.13. The monoisotopic (exact) mass is 463 g/mol. The maximum atomic E-state index is 13.7. The molecule has 1 heterocycles. The van der Waals surface area contributed by atoms with E-state index in [1.54, 1.807) is 6.92 Å². The number of aromatic nitrogens is 3. The highest BCUT2D eigenvalue weighted by atomic mass is 32.2. The molecule has 32 heavy (non-hydrogen) atoms. The fourth-order valence-corrected chi connectivity index (χ4v) is 3.74. The molecule has 168 valence electrons. The van der Waals surface area contributed by atoms with Crippen molar-refractivity contribution < 1.29 is 22.8 Å². The van der Waals surface area contributed by atoms with Gasteiger partial charge in [0, 0.05) is 12.1 Å². The molecule has 0 aliphatic rings. The Bertz CT molecular complexity index is 1120. The van der Waals surface area contributed by atoms with Crippen molar-refractivity contribution in [1.29, 1.82) is 0 Å². The van der Waals surface area contributed by atoms with Gasteiger partial charge in [-0.3, -0.25) is 9.59 Å². The molecule has 0 bridgehead atoms. The number of rotatable bonds is 8. The summed E-state index contributed by atoms with van der Waals surface area (Å²) in [5.74, 6) is -5.13. The Morgan fingerprint density at radius 2 is 1.78 bits per heavy atom. The fraction of sp³-hybridized carbons (Fsp3) is 0.238. The quantitative estimate of drug-likeness (QED) is 0.394. The van der Waals surface area contributed by atoms with Crippen molar-refractivity contribution in [1.82, 2.24) is 20.1 Å². The summed E-state index contributed by atoms with van der Waals surface area (Å²) < 4.78 is 41.8. The molecule has 0 aliphatic heterocycles. The number of anilines is 1. The van der Waals surface area contributed by atoms with Crippen LogP contribution in [0.5, 0.6) is 0 Å². The van der Waals surface area contributed by atoms with Gasteiger partial charge in [0.1, 0.15) is 0 Å². The Morgan fingerprint density at radius 1 is 1.06 bits per heavy atom. The Labute approximate surface area is 186 Å². The Hall–Kier alpha value is -3.34. The highest BCUT2D eigenvalue weighted by Gasteiger charge is 2.21. The van der Waals surface area contributed by atoms with E-state index in [1.165, 1.54) is 11.8 Å². The van der Waals surface area contributed by atoms with Crippen molar-refractivity contribution >= 4 is 29.3 Å². The van der Waals surface area contributed by atoms with Gasteiger partial charge in [-0.25, -0.2) is 13.2 Å². The van der Waals surface area contributed by atoms with E-state index in [9.17, 15) is 22.8 Å². The highest BCUT2D eigenvalue weighted by molar-refractivity contribution is 8.00. The predicted molar refractivity (Wildman–Crippen MR) is 114 cm³/mol. The third-order valence-electron chi connectivity index (χ3n) is 4.45. The van der Waals surface area contributed by atoms with E-state index in [-0.39, 0.29) is 0 Å². The second-order valence-electron chi connectivity index (χ2n) is 6.67. The van der Waals surface area contributed by atoms with Crippen molar-refractivity contribution in [3.8, 4) is 11.4 Å². The van der Waals surface area contributed by atoms with E-state index in [0.29, 0.717) is 23.6 Å². The molecule has 0 radical (unpaired) electrons. The number of amides is 2. The van der Waals surface area contributed by atoms with Crippen LogP contribution in [0.1, 0.15) is 13.8 Å². The molecule has 1 unspecified atom stereocenters. The van der Waals surface area contributed by atoms with Crippen LogP contribution in [0.25, 0.3) is 11.4 Å². The van der Waals surface area contributed by atoms with Crippen LogP contribution in [-0.4, -0.2) is 38.4 Å². The number of carbonyl (C=O) groups excluding carboxylic acids is 2. The number of nitrogens with zero attached hydrogens (tertiary/aromatic N) is 3. The average molecular weight is 463 g/mol. The summed E-state index contributed by atoms with van der Waals surface area (Å²) in [6, 6.07) is 11.1. The third kappa shape index (κ3) is 5.28. The molecule has 0 fully saturated rings. The van der Waals surface area contributed by atoms with Crippen LogP contribution in [-0.2, 0) is 16.1 Å². The number of carbonyl (C=O) groups is 2. The molecule has 0 aliphatic carbocycles. The molecular formula is C21H20F3N5O2S. The Kier molecular flexibility index (Phi) is 7.52. The lowest BCUT2D eigenvalue weighted by atomic mass is 10.2. The van der Waals surface area contributed by atoms with Gasteiger partial charge in [0.05, 0.1) is 17.5 Å². The molecule has 0 saturated carbocycles. The number of hydrogen-bond donors (Lipinski definition) is 2. The highest BCUT2D eigenvalue weighted by Crippen LogP contribution is 2.26. The lowest BCUT2D eigenvalue weighted by Crippen LogP contribution is -2.37. The number of nitrogens with one attached hydrogen (secondary N) is 2. The van der Waals surface area contributed by atoms with Crippen LogP contribution in [0, 0.1) is 17.5 Å². The van der Waals surface area contributed by atoms with Gasteiger partial charge in [0.2, 0.25) is 11.8 Å². The zero-order valence-corrected chi connectivity index (χ0v) is 18.0.